The highest BCUT2D eigenvalue weighted by molar-refractivity contribution is 6.62. The number of pyridine rings is 1. The van der Waals surface area contributed by atoms with Crippen LogP contribution in [-0.2, 0) is 15.9 Å². The van der Waals surface area contributed by atoms with E-state index in [2.05, 4.69) is 38.7 Å². The second kappa shape index (κ2) is 6.23. The highest BCUT2D eigenvalue weighted by Gasteiger charge is 2.51. The summed E-state index contributed by atoms with van der Waals surface area (Å²) in [6.45, 7) is 10.8. The minimum Gasteiger partial charge on any atom is -0.489 e. The van der Waals surface area contributed by atoms with Crippen molar-refractivity contribution in [3.05, 3.63) is 53.9 Å². The van der Waals surface area contributed by atoms with Gasteiger partial charge in [0.15, 0.2) is 0 Å². The Morgan fingerprint density at radius 1 is 1.08 bits per heavy atom. The fraction of sp³-hybridized carbons (Fsp3) is 0.421. The van der Waals surface area contributed by atoms with Crippen LogP contribution in [0, 0.1) is 6.92 Å². The van der Waals surface area contributed by atoms with Crippen LogP contribution in [-0.4, -0.2) is 23.3 Å². The Bertz CT molecular complexity index is 700. The van der Waals surface area contributed by atoms with E-state index >= 15 is 0 Å². The predicted molar refractivity (Wildman–Crippen MR) is 95.5 cm³/mol. The van der Waals surface area contributed by atoms with Gasteiger partial charge in [-0.2, -0.15) is 0 Å². The second-order valence-electron chi connectivity index (χ2n) is 7.26. The van der Waals surface area contributed by atoms with E-state index < -0.39 is 0 Å². The van der Waals surface area contributed by atoms with Crippen molar-refractivity contribution in [2.75, 3.05) is 0 Å². The maximum atomic E-state index is 6.10. The van der Waals surface area contributed by atoms with Crippen LogP contribution in [0.1, 0.15) is 38.8 Å². The molecular formula is C19H24BNO3. The zero-order valence-corrected chi connectivity index (χ0v) is 15.0. The summed E-state index contributed by atoms with van der Waals surface area (Å²) >= 11 is 0. The summed E-state index contributed by atoms with van der Waals surface area (Å²) in [7, 11) is -0.346. The molecule has 5 heteroatoms. The summed E-state index contributed by atoms with van der Waals surface area (Å²) in [5.41, 5.74) is 2.46. The van der Waals surface area contributed by atoms with Gasteiger partial charge in [-0.05, 0) is 57.8 Å². The van der Waals surface area contributed by atoms with Crippen LogP contribution in [0.15, 0.2) is 42.7 Å². The molecule has 1 aromatic carbocycles. The van der Waals surface area contributed by atoms with Crippen molar-refractivity contribution in [2.45, 2.75) is 52.4 Å². The number of benzene rings is 1. The highest BCUT2D eigenvalue weighted by Crippen LogP contribution is 2.36. The minimum atomic E-state index is -0.346. The number of aromatic nitrogens is 1. The second-order valence-corrected chi connectivity index (χ2v) is 7.26. The van der Waals surface area contributed by atoms with Gasteiger partial charge in [-0.25, -0.2) is 0 Å². The lowest BCUT2D eigenvalue weighted by molar-refractivity contribution is 0.00578. The van der Waals surface area contributed by atoms with Crippen molar-refractivity contribution in [1.29, 1.82) is 0 Å². The zero-order chi connectivity index (χ0) is 17.4. The van der Waals surface area contributed by atoms with Gasteiger partial charge >= 0.3 is 7.12 Å². The number of rotatable bonds is 4. The van der Waals surface area contributed by atoms with Gasteiger partial charge in [0.25, 0.3) is 0 Å². The number of aryl methyl sites for hydroxylation is 1. The molecule has 2 aromatic rings. The Hall–Kier alpha value is -1.85. The summed E-state index contributed by atoms with van der Waals surface area (Å²) in [6.07, 6.45) is 3.57. The molecule has 0 radical (unpaired) electrons. The Labute approximate surface area is 144 Å². The zero-order valence-electron chi connectivity index (χ0n) is 15.0. The van der Waals surface area contributed by atoms with Crippen LogP contribution in [0.4, 0.5) is 0 Å². The number of hydrogen-bond acceptors (Lipinski definition) is 4. The Morgan fingerprint density at radius 3 is 2.38 bits per heavy atom. The van der Waals surface area contributed by atoms with E-state index in [0.717, 1.165) is 22.3 Å². The van der Waals surface area contributed by atoms with Crippen LogP contribution in [0.2, 0.25) is 0 Å². The van der Waals surface area contributed by atoms with E-state index in [9.17, 15) is 0 Å². The molecule has 2 heterocycles. The third-order valence-corrected chi connectivity index (χ3v) is 4.84. The average Bonchev–Trinajstić information content (AvgIpc) is 2.75. The van der Waals surface area contributed by atoms with Gasteiger partial charge in [0, 0.05) is 18.0 Å². The highest BCUT2D eigenvalue weighted by atomic mass is 16.7. The smallest absolute Gasteiger partial charge is 0.489 e. The monoisotopic (exact) mass is 325 g/mol. The molecule has 1 aliphatic rings. The lowest BCUT2D eigenvalue weighted by Crippen LogP contribution is -2.41. The van der Waals surface area contributed by atoms with Gasteiger partial charge in [0.2, 0.25) is 0 Å². The van der Waals surface area contributed by atoms with Crippen molar-refractivity contribution < 1.29 is 14.0 Å². The number of ether oxygens (including phenoxy) is 1. The molecule has 24 heavy (non-hydrogen) atoms. The number of nitrogens with zero attached hydrogens (tertiary/aromatic N) is 1. The Morgan fingerprint density at radius 2 is 1.79 bits per heavy atom. The third-order valence-electron chi connectivity index (χ3n) is 4.84. The van der Waals surface area contributed by atoms with Gasteiger partial charge in [-0.3, -0.25) is 4.98 Å². The van der Waals surface area contributed by atoms with E-state index in [-0.39, 0.29) is 18.3 Å². The molecule has 126 valence electrons. The fourth-order valence-corrected chi connectivity index (χ4v) is 2.60. The molecule has 1 aliphatic heterocycles. The molecule has 3 rings (SSSR count). The molecule has 0 spiro atoms. The van der Waals surface area contributed by atoms with Crippen LogP contribution < -0.4 is 10.2 Å². The number of hydrogen-bond donors (Lipinski definition) is 0. The molecule has 0 N–H and O–H groups in total. The van der Waals surface area contributed by atoms with Crippen molar-refractivity contribution in [1.82, 2.24) is 4.98 Å². The van der Waals surface area contributed by atoms with Gasteiger partial charge < -0.3 is 14.0 Å². The SMILES string of the molecule is Cc1cc(B2OC(C)(C)C(C)(C)O2)ccc1OCc1cccnc1. The van der Waals surface area contributed by atoms with Crippen molar-refractivity contribution in [3.63, 3.8) is 0 Å². The largest absolute Gasteiger partial charge is 0.494 e. The average molecular weight is 325 g/mol. The van der Waals surface area contributed by atoms with Crippen LogP contribution in [0.3, 0.4) is 0 Å². The van der Waals surface area contributed by atoms with Crippen LogP contribution in [0.5, 0.6) is 5.75 Å². The lowest BCUT2D eigenvalue weighted by Gasteiger charge is -2.32. The van der Waals surface area contributed by atoms with Gasteiger partial charge in [-0.1, -0.05) is 18.2 Å². The third kappa shape index (κ3) is 3.33. The first-order valence-electron chi connectivity index (χ1n) is 8.26. The summed E-state index contributed by atoms with van der Waals surface area (Å²) in [5, 5.41) is 0. The molecule has 1 aromatic heterocycles. The van der Waals surface area contributed by atoms with E-state index in [0.29, 0.717) is 6.61 Å². The van der Waals surface area contributed by atoms with Crippen molar-refractivity contribution >= 4 is 12.6 Å². The molecule has 1 fully saturated rings. The summed E-state index contributed by atoms with van der Waals surface area (Å²) in [4.78, 5) is 4.10. The van der Waals surface area contributed by atoms with E-state index in [1.807, 2.05) is 37.4 Å². The molecule has 1 saturated heterocycles. The molecule has 0 amide bonds. The van der Waals surface area contributed by atoms with E-state index in [4.69, 9.17) is 14.0 Å². The topological polar surface area (TPSA) is 40.6 Å². The minimum absolute atomic E-state index is 0.332. The Kier molecular flexibility index (Phi) is 4.41. The van der Waals surface area contributed by atoms with Gasteiger partial charge in [0.05, 0.1) is 11.2 Å². The first-order valence-corrected chi connectivity index (χ1v) is 8.26. The van der Waals surface area contributed by atoms with Crippen LogP contribution in [0.25, 0.3) is 0 Å². The standard InChI is InChI=1S/C19H24BNO3/c1-14-11-16(20-23-18(2,3)19(4,5)24-20)8-9-17(14)22-13-15-7-6-10-21-12-15/h6-12H,13H2,1-5H3. The van der Waals surface area contributed by atoms with Crippen LogP contribution >= 0.6 is 0 Å². The molecule has 0 unspecified atom stereocenters. The predicted octanol–water partition coefficient (Wildman–Crippen LogP) is 3.27. The van der Waals surface area contributed by atoms with Crippen molar-refractivity contribution in [2.24, 2.45) is 0 Å². The summed E-state index contributed by atoms with van der Waals surface area (Å²) < 4.78 is 18.1. The van der Waals surface area contributed by atoms with Crippen molar-refractivity contribution in [3.8, 4) is 5.75 Å². The fourth-order valence-electron chi connectivity index (χ4n) is 2.60. The summed E-state index contributed by atoms with van der Waals surface area (Å²) in [5.74, 6) is 0.860. The molecule has 4 nitrogen and oxygen atoms in total. The molecule has 0 bridgehead atoms. The first-order chi connectivity index (χ1) is 11.3. The summed E-state index contributed by atoms with van der Waals surface area (Å²) in [6, 6.07) is 9.97. The van der Waals surface area contributed by atoms with Gasteiger partial charge in [0.1, 0.15) is 12.4 Å². The van der Waals surface area contributed by atoms with E-state index in [1.165, 1.54) is 0 Å². The van der Waals surface area contributed by atoms with Gasteiger partial charge in [-0.15, -0.1) is 0 Å². The normalized spacial score (nSPS) is 18.6. The first kappa shape index (κ1) is 17.0. The lowest BCUT2D eigenvalue weighted by atomic mass is 9.78. The quantitative estimate of drug-likeness (QED) is 0.809. The maximum Gasteiger partial charge on any atom is 0.494 e. The molecule has 0 atom stereocenters. The molecular weight excluding hydrogens is 301 g/mol. The Balaban J connectivity index is 1.71. The molecule has 0 aliphatic carbocycles. The molecule has 0 saturated carbocycles. The maximum absolute atomic E-state index is 6.10. The van der Waals surface area contributed by atoms with E-state index in [1.54, 1.807) is 6.20 Å².